The van der Waals surface area contributed by atoms with Crippen molar-refractivity contribution >= 4 is 22.9 Å². The summed E-state index contributed by atoms with van der Waals surface area (Å²) in [6.07, 6.45) is -0.239. The first-order chi connectivity index (χ1) is 10.5. The van der Waals surface area contributed by atoms with Crippen molar-refractivity contribution in [3.05, 3.63) is 59.9 Å². The Hall–Kier alpha value is -2.83. The summed E-state index contributed by atoms with van der Waals surface area (Å²) in [5.74, 6) is 0.240. The second-order valence-corrected chi connectivity index (χ2v) is 4.59. The summed E-state index contributed by atoms with van der Waals surface area (Å²) in [7, 11) is 0. The number of nitrogens with one attached hydrogen (secondary N) is 2. The average molecular weight is 304 g/mol. The number of anilines is 1. The Kier molecular flexibility index (Phi) is 3.54. The van der Waals surface area contributed by atoms with Crippen molar-refractivity contribution in [2.45, 2.75) is 6.18 Å². The molecule has 0 aliphatic heterocycles. The maximum atomic E-state index is 12.4. The first kappa shape index (κ1) is 14.1. The van der Waals surface area contributed by atoms with E-state index in [4.69, 9.17) is 0 Å². The third-order valence-electron chi connectivity index (χ3n) is 3.09. The number of hydrogen-bond donors (Lipinski definition) is 2. The lowest BCUT2D eigenvalue weighted by Crippen LogP contribution is -2.05. The summed E-state index contributed by atoms with van der Waals surface area (Å²) in [5, 5.41) is 5.00. The van der Waals surface area contributed by atoms with E-state index in [9.17, 15) is 13.2 Å². The van der Waals surface area contributed by atoms with Crippen molar-refractivity contribution in [2.24, 2.45) is 5.10 Å². The van der Waals surface area contributed by atoms with E-state index in [0.29, 0.717) is 0 Å². The number of hydrogen-bond acceptors (Lipinski definition) is 3. The van der Waals surface area contributed by atoms with Gasteiger partial charge in [-0.25, -0.2) is 4.98 Å². The maximum absolute atomic E-state index is 12.4. The van der Waals surface area contributed by atoms with Gasteiger partial charge in [0, 0.05) is 28.9 Å². The highest BCUT2D eigenvalue weighted by Gasteiger charge is 2.30. The van der Waals surface area contributed by atoms with Gasteiger partial charge in [0.05, 0.1) is 11.8 Å². The number of hydrazone groups is 1. The average Bonchev–Trinajstić information content (AvgIpc) is 2.90. The summed E-state index contributed by atoms with van der Waals surface area (Å²) in [4.78, 5) is 6.77. The first-order valence-electron chi connectivity index (χ1n) is 6.42. The number of rotatable bonds is 3. The standard InChI is InChI=1S/C15H11F3N4/c16-15(17,18)11-5-6-14(20-9-11)22-21-8-10-7-19-13-4-2-1-3-12(10)13/h1-9,19H,(H,20,22)/b21-8+. The van der Waals surface area contributed by atoms with Crippen LogP contribution in [0.15, 0.2) is 53.9 Å². The van der Waals surface area contributed by atoms with Crippen LogP contribution in [0.25, 0.3) is 10.9 Å². The van der Waals surface area contributed by atoms with Crippen molar-refractivity contribution in [1.29, 1.82) is 0 Å². The minimum atomic E-state index is -4.39. The van der Waals surface area contributed by atoms with Crippen LogP contribution in [0.4, 0.5) is 19.0 Å². The van der Waals surface area contributed by atoms with Gasteiger partial charge in [-0.3, -0.25) is 5.43 Å². The molecule has 0 radical (unpaired) electrons. The number of aromatic amines is 1. The quantitative estimate of drug-likeness (QED) is 0.567. The Morgan fingerprint density at radius 1 is 1.14 bits per heavy atom. The molecule has 2 heterocycles. The molecule has 0 bridgehead atoms. The number of benzene rings is 1. The van der Waals surface area contributed by atoms with Gasteiger partial charge in [0.15, 0.2) is 0 Å². The van der Waals surface area contributed by atoms with E-state index in [2.05, 4.69) is 20.5 Å². The van der Waals surface area contributed by atoms with Crippen LogP contribution in [0.3, 0.4) is 0 Å². The molecule has 1 aromatic carbocycles. The molecule has 0 unspecified atom stereocenters. The molecule has 3 rings (SSSR count). The van der Waals surface area contributed by atoms with E-state index in [1.807, 2.05) is 24.3 Å². The van der Waals surface area contributed by atoms with Gasteiger partial charge >= 0.3 is 6.18 Å². The number of nitrogens with zero attached hydrogens (tertiary/aromatic N) is 2. The van der Waals surface area contributed by atoms with Gasteiger partial charge in [0.1, 0.15) is 5.82 Å². The Morgan fingerprint density at radius 2 is 1.95 bits per heavy atom. The molecule has 0 spiro atoms. The van der Waals surface area contributed by atoms with Crippen LogP contribution in [-0.2, 0) is 6.18 Å². The zero-order chi connectivity index (χ0) is 15.6. The Morgan fingerprint density at radius 3 is 2.68 bits per heavy atom. The van der Waals surface area contributed by atoms with E-state index < -0.39 is 11.7 Å². The number of pyridine rings is 1. The van der Waals surface area contributed by atoms with Crippen LogP contribution in [0.1, 0.15) is 11.1 Å². The fourth-order valence-corrected chi connectivity index (χ4v) is 2.00. The molecule has 0 fully saturated rings. The predicted molar refractivity (Wildman–Crippen MR) is 78.8 cm³/mol. The predicted octanol–water partition coefficient (Wildman–Crippen LogP) is 4.03. The third-order valence-corrected chi connectivity index (χ3v) is 3.09. The van der Waals surface area contributed by atoms with Gasteiger partial charge in [0.25, 0.3) is 0 Å². The van der Waals surface area contributed by atoms with Crippen LogP contribution in [-0.4, -0.2) is 16.2 Å². The SMILES string of the molecule is FC(F)(F)c1ccc(N/N=C/c2c[nH]c3ccccc23)nc1. The van der Waals surface area contributed by atoms with Crippen molar-refractivity contribution in [3.8, 4) is 0 Å². The van der Waals surface area contributed by atoms with Crippen LogP contribution in [0.2, 0.25) is 0 Å². The van der Waals surface area contributed by atoms with Crippen molar-refractivity contribution in [2.75, 3.05) is 5.43 Å². The van der Waals surface area contributed by atoms with Gasteiger partial charge in [0.2, 0.25) is 0 Å². The Balaban J connectivity index is 1.72. The van der Waals surface area contributed by atoms with Crippen molar-refractivity contribution in [3.63, 3.8) is 0 Å². The van der Waals surface area contributed by atoms with Crippen LogP contribution in [0, 0.1) is 0 Å². The molecule has 3 aromatic rings. The molecular weight excluding hydrogens is 293 g/mol. The fourth-order valence-electron chi connectivity index (χ4n) is 2.00. The second kappa shape index (κ2) is 5.51. The molecule has 0 aliphatic rings. The molecule has 112 valence electrons. The van der Waals surface area contributed by atoms with E-state index in [1.165, 1.54) is 6.07 Å². The minimum absolute atomic E-state index is 0.240. The molecule has 0 amide bonds. The fraction of sp³-hybridized carbons (Fsp3) is 0.0667. The molecule has 2 aromatic heterocycles. The summed E-state index contributed by atoms with van der Waals surface area (Å²) >= 11 is 0. The smallest absolute Gasteiger partial charge is 0.361 e. The highest BCUT2D eigenvalue weighted by Crippen LogP contribution is 2.28. The zero-order valence-electron chi connectivity index (χ0n) is 11.2. The van der Waals surface area contributed by atoms with Gasteiger partial charge in [-0.1, -0.05) is 18.2 Å². The topological polar surface area (TPSA) is 53.1 Å². The number of para-hydroxylation sites is 1. The van der Waals surface area contributed by atoms with Crippen molar-refractivity contribution < 1.29 is 13.2 Å². The van der Waals surface area contributed by atoms with Gasteiger partial charge < -0.3 is 4.98 Å². The molecule has 22 heavy (non-hydrogen) atoms. The second-order valence-electron chi connectivity index (χ2n) is 4.59. The molecule has 7 heteroatoms. The molecule has 4 nitrogen and oxygen atoms in total. The normalized spacial score (nSPS) is 12.1. The lowest BCUT2D eigenvalue weighted by Gasteiger charge is -2.06. The van der Waals surface area contributed by atoms with Crippen molar-refractivity contribution in [1.82, 2.24) is 9.97 Å². The monoisotopic (exact) mass is 304 g/mol. The van der Waals surface area contributed by atoms with E-state index in [0.717, 1.165) is 28.7 Å². The summed E-state index contributed by atoms with van der Waals surface area (Å²) in [6, 6.07) is 9.91. The molecule has 0 saturated heterocycles. The molecule has 2 N–H and O–H groups in total. The summed E-state index contributed by atoms with van der Waals surface area (Å²) in [5.41, 5.74) is 3.66. The Bertz CT molecular complexity index is 804. The van der Waals surface area contributed by atoms with E-state index in [-0.39, 0.29) is 5.82 Å². The third kappa shape index (κ3) is 2.93. The highest BCUT2D eigenvalue weighted by atomic mass is 19.4. The molecule has 0 saturated carbocycles. The van der Waals surface area contributed by atoms with Gasteiger partial charge in [-0.15, -0.1) is 0 Å². The largest absolute Gasteiger partial charge is 0.417 e. The summed E-state index contributed by atoms with van der Waals surface area (Å²) < 4.78 is 37.2. The highest BCUT2D eigenvalue weighted by molar-refractivity contribution is 5.99. The van der Waals surface area contributed by atoms with Crippen LogP contribution < -0.4 is 5.43 Å². The number of fused-ring (bicyclic) bond motifs is 1. The first-order valence-corrected chi connectivity index (χ1v) is 6.42. The van der Waals surface area contributed by atoms with Gasteiger partial charge in [-0.2, -0.15) is 18.3 Å². The number of alkyl halides is 3. The number of halogens is 3. The van der Waals surface area contributed by atoms with Crippen LogP contribution in [0.5, 0.6) is 0 Å². The number of H-pyrrole nitrogens is 1. The van der Waals surface area contributed by atoms with E-state index in [1.54, 1.807) is 12.4 Å². The molecular formula is C15H11F3N4. The summed E-state index contributed by atoms with van der Waals surface area (Å²) in [6.45, 7) is 0. The van der Waals surface area contributed by atoms with Gasteiger partial charge in [-0.05, 0) is 18.2 Å². The minimum Gasteiger partial charge on any atom is -0.361 e. The zero-order valence-corrected chi connectivity index (χ0v) is 11.2. The lowest BCUT2D eigenvalue weighted by atomic mass is 10.2. The molecule has 0 atom stereocenters. The molecule has 0 aliphatic carbocycles. The number of aromatic nitrogens is 2. The maximum Gasteiger partial charge on any atom is 0.417 e. The van der Waals surface area contributed by atoms with E-state index >= 15 is 0 Å². The lowest BCUT2D eigenvalue weighted by molar-refractivity contribution is -0.137. The van der Waals surface area contributed by atoms with Crippen LogP contribution >= 0.6 is 0 Å². The Labute approximate surface area is 123 Å².